The summed E-state index contributed by atoms with van der Waals surface area (Å²) in [7, 11) is 0. The van der Waals surface area contributed by atoms with Crippen molar-refractivity contribution < 1.29 is 14.0 Å². The number of carbonyl (C=O) groups is 2. The monoisotopic (exact) mass is 433 g/mol. The fraction of sp³-hybridized carbons (Fsp3) is 0.385. The van der Waals surface area contributed by atoms with Crippen LogP contribution in [0.4, 0.5) is 0 Å². The predicted molar refractivity (Wildman–Crippen MR) is 124 cm³/mol. The van der Waals surface area contributed by atoms with E-state index in [4.69, 9.17) is 4.42 Å². The lowest BCUT2D eigenvalue weighted by atomic mass is 9.93. The molecule has 1 aliphatic rings. The molecule has 32 heavy (non-hydrogen) atoms. The molecule has 0 radical (unpaired) electrons. The molecule has 6 heteroatoms. The minimum atomic E-state index is -1.04. The zero-order valence-electron chi connectivity index (χ0n) is 19.2. The van der Waals surface area contributed by atoms with Gasteiger partial charge in [0, 0.05) is 13.1 Å². The van der Waals surface area contributed by atoms with Crippen molar-refractivity contribution in [1.29, 1.82) is 0 Å². The van der Waals surface area contributed by atoms with Gasteiger partial charge in [0.05, 0.1) is 18.5 Å². The molecule has 4 rings (SSSR count). The van der Waals surface area contributed by atoms with E-state index >= 15 is 0 Å². The summed E-state index contributed by atoms with van der Waals surface area (Å²) < 4.78 is 7.51. The number of rotatable bonds is 7. The quantitative estimate of drug-likeness (QED) is 0.591. The molecule has 0 bridgehead atoms. The van der Waals surface area contributed by atoms with Gasteiger partial charge >= 0.3 is 0 Å². The van der Waals surface area contributed by atoms with E-state index in [-0.39, 0.29) is 11.8 Å². The summed E-state index contributed by atoms with van der Waals surface area (Å²) in [5, 5.41) is 3.08. The highest BCUT2D eigenvalue weighted by Crippen LogP contribution is 2.34. The highest BCUT2D eigenvalue weighted by atomic mass is 16.3. The third kappa shape index (κ3) is 3.97. The Hall–Kier alpha value is -3.28. The van der Waals surface area contributed by atoms with Gasteiger partial charge in [0.1, 0.15) is 17.0 Å². The number of aromatic nitrogens is 1. The molecule has 1 unspecified atom stereocenters. The van der Waals surface area contributed by atoms with Crippen molar-refractivity contribution >= 4 is 11.8 Å². The van der Waals surface area contributed by atoms with Crippen LogP contribution in [0.5, 0.6) is 0 Å². The number of hydrogen-bond acceptors (Lipinski definition) is 3. The smallest absolute Gasteiger partial charge is 0.271 e. The van der Waals surface area contributed by atoms with E-state index in [1.54, 1.807) is 11.2 Å². The van der Waals surface area contributed by atoms with Crippen LogP contribution in [0.25, 0.3) is 11.5 Å². The second-order valence-electron chi connectivity index (χ2n) is 9.20. The number of hydrogen-bond donors (Lipinski definition) is 1. The van der Waals surface area contributed by atoms with Gasteiger partial charge < -0.3 is 19.2 Å². The van der Waals surface area contributed by atoms with Crippen LogP contribution in [-0.4, -0.2) is 33.4 Å². The molecule has 3 heterocycles. The van der Waals surface area contributed by atoms with Crippen LogP contribution in [0, 0.1) is 12.8 Å². The second kappa shape index (κ2) is 8.69. The van der Waals surface area contributed by atoms with Crippen molar-refractivity contribution in [2.75, 3.05) is 6.54 Å². The molecule has 0 saturated carbocycles. The number of nitrogens with one attached hydrogen (secondary N) is 1. The van der Waals surface area contributed by atoms with Crippen molar-refractivity contribution in [3.63, 3.8) is 0 Å². The molecule has 1 aromatic carbocycles. The molecular formula is C26H31N3O3. The summed E-state index contributed by atoms with van der Waals surface area (Å²) >= 11 is 0. The highest BCUT2D eigenvalue weighted by Gasteiger charge is 2.47. The van der Waals surface area contributed by atoms with E-state index in [2.05, 4.69) is 19.2 Å². The Balaban J connectivity index is 1.73. The zero-order chi connectivity index (χ0) is 22.9. The van der Waals surface area contributed by atoms with Crippen molar-refractivity contribution in [2.45, 2.75) is 52.7 Å². The van der Waals surface area contributed by atoms with Crippen LogP contribution < -0.4 is 5.32 Å². The Bertz CT molecular complexity index is 1110. The lowest BCUT2D eigenvalue weighted by Crippen LogP contribution is -2.63. The fourth-order valence-electron chi connectivity index (χ4n) is 4.28. The number of benzene rings is 1. The standard InChI is InChI=1S/C26H31N3O3/c1-18(2)13-14-27-25(31)26(4)17-28-21(23-10-7-15-32-23)11-12-22(28)24(30)29(26)16-20-9-6-5-8-19(20)3/h5-12,15,18H,13-14,16-17H2,1-4H3,(H,27,31). The summed E-state index contributed by atoms with van der Waals surface area (Å²) in [6, 6.07) is 15.4. The van der Waals surface area contributed by atoms with Crippen LogP contribution in [0.15, 0.2) is 59.2 Å². The minimum Gasteiger partial charge on any atom is -0.463 e. The average molecular weight is 434 g/mol. The first kappa shape index (κ1) is 21.9. The van der Waals surface area contributed by atoms with E-state index in [0.717, 1.165) is 23.2 Å². The summed E-state index contributed by atoms with van der Waals surface area (Å²) in [6.07, 6.45) is 2.50. The first-order valence-electron chi connectivity index (χ1n) is 11.2. The molecule has 0 spiro atoms. The lowest BCUT2D eigenvalue weighted by molar-refractivity contribution is -0.133. The Morgan fingerprint density at radius 3 is 2.56 bits per heavy atom. The summed E-state index contributed by atoms with van der Waals surface area (Å²) in [6.45, 7) is 9.47. The molecule has 1 atom stereocenters. The first-order chi connectivity index (χ1) is 15.3. The van der Waals surface area contributed by atoms with Gasteiger partial charge in [-0.3, -0.25) is 9.59 Å². The maximum atomic E-state index is 13.7. The van der Waals surface area contributed by atoms with E-state index < -0.39 is 5.54 Å². The number of furan rings is 1. The van der Waals surface area contributed by atoms with Crippen LogP contribution >= 0.6 is 0 Å². The Labute approximate surface area is 189 Å². The van der Waals surface area contributed by atoms with Gasteiger partial charge in [-0.2, -0.15) is 0 Å². The van der Waals surface area contributed by atoms with Crippen molar-refractivity contribution in [3.8, 4) is 11.5 Å². The third-order valence-electron chi connectivity index (χ3n) is 6.37. The molecule has 1 N–H and O–H groups in total. The molecular weight excluding hydrogens is 402 g/mol. The van der Waals surface area contributed by atoms with E-state index in [1.807, 2.05) is 66.9 Å². The third-order valence-corrected chi connectivity index (χ3v) is 6.37. The molecule has 0 aliphatic carbocycles. The highest BCUT2D eigenvalue weighted by molar-refractivity contribution is 6.00. The molecule has 2 amide bonds. The lowest BCUT2D eigenvalue weighted by Gasteiger charge is -2.44. The largest absolute Gasteiger partial charge is 0.463 e. The van der Waals surface area contributed by atoms with Crippen molar-refractivity contribution in [2.24, 2.45) is 5.92 Å². The molecule has 168 valence electrons. The number of amides is 2. The minimum absolute atomic E-state index is 0.134. The van der Waals surface area contributed by atoms with Gasteiger partial charge in [-0.25, -0.2) is 0 Å². The van der Waals surface area contributed by atoms with Gasteiger partial charge in [-0.15, -0.1) is 0 Å². The second-order valence-corrected chi connectivity index (χ2v) is 9.20. The molecule has 3 aromatic rings. The molecule has 0 saturated heterocycles. The molecule has 0 fully saturated rings. The topological polar surface area (TPSA) is 67.5 Å². The Kier molecular flexibility index (Phi) is 5.96. The van der Waals surface area contributed by atoms with Gasteiger partial charge in [0.15, 0.2) is 0 Å². The van der Waals surface area contributed by atoms with E-state index in [1.165, 1.54) is 0 Å². The van der Waals surface area contributed by atoms with Crippen LogP contribution in [0.3, 0.4) is 0 Å². The Morgan fingerprint density at radius 2 is 1.88 bits per heavy atom. The zero-order valence-corrected chi connectivity index (χ0v) is 19.2. The maximum Gasteiger partial charge on any atom is 0.271 e. The van der Waals surface area contributed by atoms with Crippen LogP contribution in [0.2, 0.25) is 0 Å². The number of aryl methyl sites for hydroxylation is 1. The van der Waals surface area contributed by atoms with Crippen LogP contribution in [-0.2, 0) is 17.9 Å². The van der Waals surface area contributed by atoms with Crippen LogP contribution in [0.1, 0.15) is 48.8 Å². The van der Waals surface area contributed by atoms with Crippen molar-refractivity contribution in [3.05, 3.63) is 71.6 Å². The first-order valence-corrected chi connectivity index (χ1v) is 11.2. The normalized spacial score (nSPS) is 18.2. The van der Waals surface area contributed by atoms with Gasteiger partial charge in [0.2, 0.25) is 5.91 Å². The average Bonchev–Trinajstić information content (AvgIpc) is 3.41. The van der Waals surface area contributed by atoms with E-state index in [0.29, 0.717) is 37.0 Å². The SMILES string of the molecule is Cc1ccccc1CN1C(=O)c2ccc(-c3ccco3)n2CC1(C)C(=O)NCCC(C)C. The van der Waals surface area contributed by atoms with Gasteiger partial charge in [-0.1, -0.05) is 38.1 Å². The Morgan fingerprint density at radius 1 is 1.12 bits per heavy atom. The number of nitrogens with zero attached hydrogens (tertiary/aromatic N) is 2. The fourth-order valence-corrected chi connectivity index (χ4v) is 4.28. The predicted octanol–water partition coefficient (Wildman–Crippen LogP) is 4.63. The van der Waals surface area contributed by atoms with Crippen molar-refractivity contribution in [1.82, 2.24) is 14.8 Å². The molecule has 2 aromatic heterocycles. The van der Waals surface area contributed by atoms with Gasteiger partial charge in [0.25, 0.3) is 5.91 Å². The summed E-state index contributed by atoms with van der Waals surface area (Å²) in [5.41, 5.74) is 2.46. The van der Waals surface area contributed by atoms with Gasteiger partial charge in [-0.05, 0) is 61.6 Å². The molecule has 6 nitrogen and oxygen atoms in total. The number of fused-ring (bicyclic) bond motifs is 1. The maximum absolute atomic E-state index is 13.7. The summed E-state index contributed by atoms with van der Waals surface area (Å²) in [5.74, 6) is 0.878. The van der Waals surface area contributed by atoms with E-state index in [9.17, 15) is 9.59 Å². The summed E-state index contributed by atoms with van der Waals surface area (Å²) in [4.78, 5) is 29.0. The molecule has 1 aliphatic heterocycles. The number of carbonyl (C=O) groups excluding carboxylic acids is 2.